The molecule has 31 heavy (non-hydrogen) atoms. The number of hydrogen-bond donors (Lipinski definition) is 1. The van der Waals surface area contributed by atoms with E-state index >= 15 is 0 Å². The van der Waals surface area contributed by atoms with Crippen LogP contribution in [0.1, 0.15) is 25.5 Å². The van der Waals surface area contributed by atoms with Gasteiger partial charge >= 0.3 is 0 Å². The number of hydrogen-bond acceptors (Lipinski definition) is 6. The normalized spacial score (nSPS) is 15.4. The van der Waals surface area contributed by atoms with Crippen molar-refractivity contribution in [1.29, 1.82) is 5.26 Å². The maximum atomic E-state index is 9.16. The minimum atomic E-state index is 0.122. The van der Waals surface area contributed by atoms with Gasteiger partial charge in [-0.3, -0.25) is 4.90 Å². The predicted octanol–water partition coefficient (Wildman–Crippen LogP) is 4.34. The van der Waals surface area contributed by atoms with Crippen molar-refractivity contribution in [2.45, 2.75) is 32.8 Å². The Kier molecular flexibility index (Phi) is 7.91. The summed E-state index contributed by atoms with van der Waals surface area (Å²) in [5.74, 6) is 1.12. The first-order valence-electron chi connectivity index (χ1n) is 10.1. The average molecular weight is 462 g/mol. The van der Waals surface area contributed by atoms with Gasteiger partial charge in [-0.15, -0.1) is 4.99 Å². The number of ether oxygens (including phenoxy) is 1. The number of nitrogens with one attached hydrogen (secondary N) is 1. The molecule has 1 N–H and O–H groups in total. The number of guanidine groups is 1. The standard InChI is InChI=1S/C21H25Cl2N7O/c1-4-30-9-7-16(8-10-30)31-19-11-14(2)26-21(28-19)29(3)20(25-13-24)27-15-5-6-17(22)18(23)12-15/h5-6,11-12,16H,4,7-10H2,1-3H3,(H,25,27). The highest BCUT2D eigenvalue weighted by atomic mass is 35.5. The van der Waals surface area contributed by atoms with E-state index in [2.05, 4.69) is 32.1 Å². The topological polar surface area (TPSA) is 89.7 Å². The van der Waals surface area contributed by atoms with Crippen molar-refractivity contribution in [3.05, 3.63) is 40.0 Å². The number of aliphatic imine (C=N–C) groups is 1. The van der Waals surface area contributed by atoms with Gasteiger partial charge in [0.2, 0.25) is 24.0 Å². The van der Waals surface area contributed by atoms with Crippen molar-refractivity contribution in [1.82, 2.24) is 14.9 Å². The van der Waals surface area contributed by atoms with Crippen LogP contribution in [0.4, 0.5) is 11.6 Å². The van der Waals surface area contributed by atoms with E-state index in [4.69, 9.17) is 33.2 Å². The molecule has 2 aromatic rings. The Balaban J connectivity index is 1.77. The van der Waals surface area contributed by atoms with Crippen LogP contribution in [-0.4, -0.2) is 53.6 Å². The average Bonchev–Trinajstić information content (AvgIpc) is 2.75. The second-order valence-electron chi connectivity index (χ2n) is 7.25. The van der Waals surface area contributed by atoms with Crippen LogP contribution in [-0.2, 0) is 0 Å². The minimum absolute atomic E-state index is 0.122. The molecular formula is C21H25Cl2N7O. The van der Waals surface area contributed by atoms with Gasteiger partial charge in [0.15, 0.2) is 0 Å². The van der Waals surface area contributed by atoms with Crippen LogP contribution in [0.3, 0.4) is 0 Å². The number of likely N-dealkylation sites (tertiary alicyclic amines) is 1. The van der Waals surface area contributed by atoms with Crippen LogP contribution in [0, 0.1) is 18.4 Å². The van der Waals surface area contributed by atoms with Gasteiger partial charge in [0.05, 0.1) is 10.0 Å². The highest BCUT2D eigenvalue weighted by Crippen LogP contribution is 2.26. The summed E-state index contributed by atoms with van der Waals surface area (Å²) in [6, 6.07) is 6.87. The highest BCUT2D eigenvalue weighted by Gasteiger charge is 2.21. The first kappa shape index (κ1) is 23.1. The highest BCUT2D eigenvalue weighted by molar-refractivity contribution is 6.42. The van der Waals surface area contributed by atoms with Gasteiger partial charge in [-0.1, -0.05) is 30.1 Å². The molecule has 0 aliphatic carbocycles. The summed E-state index contributed by atoms with van der Waals surface area (Å²) in [6.45, 7) is 7.14. The van der Waals surface area contributed by atoms with E-state index in [0.29, 0.717) is 27.6 Å². The molecule has 1 aromatic carbocycles. The van der Waals surface area contributed by atoms with Crippen LogP contribution >= 0.6 is 23.2 Å². The SMILES string of the molecule is CCN1CCC(Oc2cc(C)nc(N(C)/C(=N\C#N)Nc3ccc(Cl)c(Cl)c3)n2)CC1. The van der Waals surface area contributed by atoms with Gasteiger partial charge in [-0.05, 0) is 44.5 Å². The lowest BCUT2D eigenvalue weighted by Gasteiger charge is -2.31. The lowest BCUT2D eigenvalue weighted by molar-refractivity contribution is 0.0997. The van der Waals surface area contributed by atoms with E-state index in [1.54, 1.807) is 36.3 Å². The van der Waals surface area contributed by atoms with Crippen molar-refractivity contribution in [3.63, 3.8) is 0 Å². The summed E-state index contributed by atoms with van der Waals surface area (Å²) < 4.78 is 6.14. The van der Waals surface area contributed by atoms with E-state index in [-0.39, 0.29) is 12.1 Å². The zero-order chi connectivity index (χ0) is 22.4. The van der Waals surface area contributed by atoms with Gasteiger partial charge < -0.3 is 15.0 Å². The molecule has 0 radical (unpaired) electrons. The number of nitrogens with zero attached hydrogens (tertiary/aromatic N) is 6. The van der Waals surface area contributed by atoms with E-state index < -0.39 is 0 Å². The summed E-state index contributed by atoms with van der Waals surface area (Å²) in [5, 5.41) is 13.0. The monoisotopic (exact) mass is 461 g/mol. The van der Waals surface area contributed by atoms with Crippen molar-refractivity contribution in [2.75, 3.05) is 36.9 Å². The Bertz CT molecular complexity index is 984. The number of piperidine rings is 1. The molecule has 1 saturated heterocycles. The number of anilines is 2. The van der Waals surface area contributed by atoms with Gasteiger partial charge in [0.1, 0.15) is 6.10 Å². The second-order valence-corrected chi connectivity index (χ2v) is 8.06. The third kappa shape index (κ3) is 6.20. The van der Waals surface area contributed by atoms with Crippen LogP contribution in [0.15, 0.2) is 29.3 Å². The number of halogens is 2. The fraction of sp³-hybridized carbons (Fsp3) is 0.429. The second kappa shape index (κ2) is 10.6. The smallest absolute Gasteiger partial charge is 0.235 e. The van der Waals surface area contributed by atoms with Crippen molar-refractivity contribution < 1.29 is 4.74 Å². The largest absolute Gasteiger partial charge is 0.474 e. The van der Waals surface area contributed by atoms with Gasteiger partial charge in [0.25, 0.3) is 0 Å². The molecule has 1 aliphatic heterocycles. The molecule has 164 valence electrons. The van der Waals surface area contributed by atoms with E-state index in [9.17, 15) is 0 Å². The molecule has 1 fully saturated rings. The summed E-state index contributed by atoms with van der Waals surface area (Å²) in [6.07, 6.45) is 3.85. The third-order valence-corrected chi connectivity index (χ3v) is 5.78. The lowest BCUT2D eigenvalue weighted by atomic mass is 10.1. The molecule has 10 heteroatoms. The quantitative estimate of drug-likeness (QED) is 0.402. The van der Waals surface area contributed by atoms with E-state index in [0.717, 1.165) is 38.2 Å². The summed E-state index contributed by atoms with van der Waals surface area (Å²) in [5.41, 5.74) is 1.38. The van der Waals surface area contributed by atoms with Crippen molar-refractivity contribution >= 4 is 40.8 Å². The molecule has 2 heterocycles. The fourth-order valence-corrected chi connectivity index (χ4v) is 3.58. The first-order valence-corrected chi connectivity index (χ1v) is 10.8. The molecule has 0 amide bonds. The summed E-state index contributed by atoms with van der Waals surface area (Å²) >= 11 is 12.1. The maximum absolute atomic E-state index is 9.16. The molecule has 8 nitrogen and oxygen atoms in total. The van der Waals surface area contributed by atoms with Gasteiger partial charge in [0, 0.05) is 37.6 Å². The molecule has 0 unspecified atom stereocenters. The number of rotatable bonds is 5. The number of aromatic nitrogens is 2. The number of benzene rings is 1. The summed E-state index contributed by atoms with van der Waals surface area (Å²) in [7, 11) is 1.72. The zero-order valence-electron chi connectivity index (χ0n) is 17.8. The molecule has 1 aliphatic rings. The maximum Gasteiger partial charge on any atom is 0.235 e. The Morgan fingerprint density at radius 1 is 1.29 bits per heavy atom. The van der Waals surface area contributed by atoms with Crippen molar-refractivity contribution in [3.8, 4) is 12.1 Å². The van der Waals surface area contributed by atoms with Crippen LogP contribution in [0.5, 0.6) is 5.88 Å². The zero-order valence-corrected chi connectivity index (χ0v) is 19.3. The molecule has 0 spiro atoms. The fourth-order valence-electron chi connectivity index (χ4n) is 3.28. The van der Waals surface area contributed by atoms with Gasteiger partial charge in [-0.25, -0.2) is 4.98 Å². The summed E-state index contributed by atoms with van der Waals surface area (Å²) in [4.78, 5) is 16.9. The predicted molar refractivity (Wildman–Crippen MR) is 124 cm³/mol. The molecule has 0 atom stereocenters. The lowest BCUT2D eigenvalue weighted by Crippen LogP contribution is -2.38. The molecular weight excluding hydrogens is 437 g/mol. The van der Waals surface area contributed by atoms with Gasteiger partial charge in [-0.2, -0.15) is 10.2 Å². The van der Waals surface area contributed by atoms with Crippen LogP contribution in [0.25, 0.3) is 0 Å². The Morgan fingerprint density at radius 2 is 2.03 bits per heavy atom. The van der Waals surface area contributed by atoms with Crippen LogP contribution in [0.2, 0.25) is 10.0 Å². The number of aryl methyl sites for hydroxylation is 1. The van der Waals surface area contributed by atoms with Crippen molar-refractivity contribution in [2.24, 2.45) is 4.99 Å². The Morgan fingerprint density at radius 3 is 2.68 bits per heavy atom. The van der Waals surface area contributed by atoms with E-state index in [1.165, 1.54) is 0 Å². The Labute approximate surface area is 192 Å². The van der Waals surface area contributed by atoms with Crippen LogP contribution < -0.4 is 15.0 Å². The molecule has 0 saturated carbocycles. The molecule has 0 bridgehead atoms. The molecule has 1 aromatic heterocycles. The third-order valence-electron chi connectivity index (χ3n) is 5.04. The number of nitriles is 1. The minimum Gasteiger partial charge on any atom is -0.474 e. The first-order chi connectivity index (χ1) is 14.9. The Hall–Kier alpha value is -2.60. The molecule has 3 rings (SSSR count). The van der Waals surface area contributed by atoms with E-state index in [1.807, 2.05) is 13.0 Å².